The fourth-order valence-corrected chi connectivity index (χ4v) is 4.59. The predicted octanol–water partition coefficient (Wildman–Crippen LogP) is 4.61. The number of anilines is 1. The number of nitrogens with zero attached hydrogens (tertiary/aromatic N) is 1. The van der Waals surface area contributed by atoms with Crippen molar-refractivity contribution in [3.8, 4) is 0 Å². The fraction of sp³-hybridized carbons (Fsp3) is 0.350. The molecule has 0 spiro atoms. The molecule has 2 aromatic heterocycles. The Balaban J connectivity index is 1.75. The molecule has 142 valence electrons. The first-order chi connectivity index (χ1) is 13.0. The van der Waals surface area contributed by atoms with Gasteiger partial charge < -0.3 is 10.3 Å². The van der Waals surface area contributed by atoms with Crippen LogP contribution in [0.1, 0.15) is 30.7 Å². The molecule has 5 nitrogen and oxygen atoms in total. The van der Waals surface area contributed by atoms with Crippen LogP contribution in [-0.4, -0.2) is 21.6 Å². The highest BCUT2D eigenvalue weighted by atomic mass is 32.2. The molecule has 0 radical (unpaired) electrons. The highest BCUT2D eigenvalue weighted by Gasteiger charge is 2.17. The van der Waals surface area contributed by atoms with Crippen molar-refractivity contribution in [3.63, 3.8) is 0 Å². The van der Waals surface area contributed by atoms with Gasteiger partial charge in [-0.25, -0.2) is 4.98 Å². The number of thioether (sulfide) groups is 1. The zero-order valence-electron chi connectivity index (χ0n) is 15.7. The molecule has 1 aromatic carbocycles. The summed E-state index contributed by atoms with van der Waals surface area (Å²) in [5, 5.41) is 4.01. The number of H-pyrrole nitrogens is 1. The van der Waals surface area contributed by atoms with Crippen molar-refractivity contribution in [1.82, 2.24) is 9.97 Å². The van der Waals surface area contributed by atoms with Gasteiger partial charge in [-0.3, -0.25) is 9.59 Å². The second-order valence-electron chi connectivity index (χ2n) is 6.61. The number of aromatic nitrogens is 2. The summed E-state index contributed by atoms with van der Waals surface area (Å²) in [4.78, 5) is 34.0. The summed E-state index contributed by atoms with van der Waals surface area (Å²) in [6, 6.07) is 9.30. The van der Waals surface area contributed by atoms with Gasteiger partial charge in [0.15, 0.2) is 5.16 Å². The Bertz CT molecular complexity index is 996. The number of hydrogen-bond acceptors (Lipinski definition) is 5. The van der Waals surface area contributed by atoms with Crippen LogP contribution < -0.4 is 10.9 Å². The molecular weight excluding hydrogens is 378 g/mol. The van der Waals surface area contributed by atoms with E-state index in [1.807, 2.05) is 37.3 Å². The molecule has 3 rings (SSSR count). The second kappa shape index (κ2) is 8.71. The number of rotatable bonds is 7. The number of aromatic amines is 1. The van der Waals surface area contributed by atoms with Crippen LogP contribution in [-0.2, 0) is 11.2 Å². The zero-order chi connectivity index (χ0) is 19.4. The second-order valence-corrected chi connectivity index (χ2v) is 8.78. The molecule has 0 aliphatic carbocycles. The van der Waals surface area contributed by atoms with Gasteiger partial charge in [0.05, 0.1) is 11.1 Å². The number of fused-ring (bicyclic) bond motifs is 1. The molecule has 2 N–H and O–H groups in total. The van der Waals surface area contributed by atoms with E-state index >= 15 is 0 Å². The molecule has 1 amide bonds. The Kier molecular flexibility index (Phi) is 6.34. The molecule has 1 atom stereocenters. The van der Waals surface area contributed by atoms with Crippen LogP contribution in [0.4, 0.5) is 5.69 Å². The molecule has 7 heteroatoms. The number of thiophene rings is 1. The number of hydrogen-bond donors (Lipinski definition) is 2. The minimum absolute atomic E-state index is 0.117. The largest absolute Gasteiger partial charge is 0.325 e. The van der Waals surface area contributed by atoms with Gasteiger partial charge in [-0.15, -0.1) is 11.3 Å². The highest BCUT2D eigenvalue weighted by Crippen LogP contribution is 2.30. The first-order valence-electron chi connectivity index (χ1n) is 8.98. The van der Waals surface area contributed by atoms with E-state index in [0.29, 0.717) is 16.5 Å². The normalized spacial score (nSPS) is 12.3. The Hall–Kier alpha value is -2.12. The van der Waals surface area contributed by atoms with E-state index in [1.165, 1.54) is 11.8 Å². The van der Waals surface area contributed by atoms with Gasteiger partial charge in [-0.2, -0.15) is 0 Å². The maximum absolute atomic E-state index is 12.6. The number of carbonyl (C=O) groups is 1. The summed E-state index contributed by atoms with van der Waals surface area (Å²) in [6.07, 6.45) is 1.96. The van der Waals surface area contributed by atoms with E-state index < -0.39 is 0 Å². The molecule has 0 bridgehead atoms. The SMILES string of the molecule is CCC(C)Cc1c(C)sc2nc(SCC(=O)Nc3ccccc3)[nH]c(=O)c12. The standard InChI is InChI=1S/C20H23N3O2S2/c1-4-12(2)10-15-13(3)27-19-17(15)18(25)22-20(23-19)26-11-16(24)21-14-8-6-5-7-9-14/h5-9,12H,4,10-11H2,1-3H3,(H,21,24)(H,22,23,25). The third-order valence-corrected chi connectivity index (χ3v) is 6.40. The number of para-hydroxylation sites is 1. The Morgan fingerprint density at radius 3 is 2.78 bits per heavy atom. The molecule has 2 heterocycles. The Labute approximate surface area is 166 Å². The minimum atomic E-state index is -0.131. The van der Waals surface area contributed by atoms with Crippen molar-refractivity contribution < 1.29 is 4.79 Å². The topological polar surface area (TPSA) is 74.8 Å². The number of nitrogens with one attached hydrogen (secondary N) is 2. The van der Waals surface area contributed by atoms with Gasteiger partial charge in [0, 0.05) is 10.6 Å². The average molecular weight is 402 g/mol. The van der Waals surface area contributed by atoms with Gasteiger partial charge in [0.1, 0.15) is 4.83 Å². The smallest absolute Gasteiger partial charge is 0.260 e. The third-order valence-electron chi connectivity index (χ3n) is 4.49. The van der Waals surface area contributed by atoms with Crippen LogP contribution in [0.2, 0.25) is 0 Å². The number of amides is 1. The molecule has 1 unspecified atom stereocenters. The first-order valence-corrected chi connectivity index (χ1v) is 10.8. The van der Waals surface area contributed by atoms with E-state index in [-0.39, 0.29) is 17.2 Å². The maximum atomic E-state index is 12.6. The lowest BCUT2D eigenvalue weighted by Crippen LogP contribution is -2.15. The predicted molar refractivity (Wildman–Crippen MR) is 114 cm³/mol. The van der Waals surface area contributed by atoms with Crippen LogP contribution in [0.25, 0.3) is 10.2 Å². The molecular formula is C20H23N3O2S2. The van der Waals surface area contributed by atoms with Gasteiger partial charge in [-0.1, -0.05) is 50.2 Å². The molecule has 0 fully saturated rings. The van der Waals surface area contributed by atoms with Crippen molar-refractivity contribution in [1.29, 1.82) is 0 Å². The summed E-state index contributed by atoms with van der Waals surface area (Å²) in [5.74, 6) is 0.582. The lowest BCUT2D eigenvalue weighted by molar-refractivity contribution is -0.113. The highest BCUT2D eigenvalue weighted by molar-refractivity contribution is 7.99. The molecule has 3 aromatic rings. The molecule has 0 aliphatic heterocycles. The van der Waals surface area contributed by atoms with Crippen molar-refractivity contribution >= 4 is 44.9 Å². The summed E-state index contributed by atoms with van der Waals surface area (Å²) in [5.41, 5.74) is 1.74. The molecule has 27 heavy (non-hydrogen) atoms. The van der Waals surface area contributed by atoms with Crippen molar-refractivity contribution in [2.45, 2.75) is 38.8 Å². The van der Waals surface area contributed by atoms with Gasteiger partial charge in [-0.05, 0) is 37.0 Å². The monoisotopic (exact) mass is 401 g/mol. The maximum Gasteiger partial charge on any atom is 0.260 e. The first kappa shape index (κ1) is 19.6. The van der Waals surface area contributed by atoms with Crippen molar-refractivity contribution in [2.24, 2.45) is 5.92 Å². The van der Waals surface area contributed by atoms with Crippen molar-refractivity contribution in [2.75, 3.05) is 11.1 Å². The molecule has 0 aliphatic rings. The lowest BCUT2D eigenvalue weighted by atomic mass is 9.98. The zero-order valence-corrected chi connectivity index (χ0v) is 17.3. The summed E-state index contributed by atoms with van der Waals surface area (Å²) < 4.78 is 0. The van der Waals surface area contributed by atoms with Gasteiger partial charge >= 0.3 is 0 Å². The summed E-state index contributed by atoms with van der Waals surface area (Å²) in [6.45, 7) is 6.40. The minimum Gasteiger partial charge on any atom is -0.325 e. The van der Waals surface area contributed by atoms with Crippen LogP contribution in [0.15, 0.2) is 40.3 Å². The number of carbonyl (C=O) groups excluding carboxylic acids is 1. The van der Waals surface area contributed by atoms with Gasteiger partial charge in [0.2, 0.25) is 5.91 Å². The molecule has 0 saturated carbocycles. The molecule has 0 saturated heterocycles. The summed E-state index contributed by atoms with van der Waals surface area (Å²) in [7, 11) is 0. The lowest BCUT2D eigenvalue weighted by Gasteiger charge is -2.08. The fourth-order valence-electron chi connectivity index (χ4n) is 2.81. The van der Waals surface area contributed by atoms with E-state index in [9.17, 15) is 9.59 Å². The average Bonchev–Trinajstić information content (AvgIpc) is 2.96. The number of benzene rings is 1. The Morgan fingerprint density at radius 1 is 1.33 bits per heavy atom. The van der Waals surface area contributed by atoms with E-state index in [0.717, 1.165) is 33.8 Å². The van der Waals surface area contributed by atoms with Crippen molar-refractivity contribution in [3.05, 3.63) is 51.1 Å². The van der Waals surface area contributed by atoms with Gasteiger partial charge in [0.25, 0.3) is 5.56 Å². The van der Waals surface area contributed by atoms with Crippen LogP contribution >= 0.6 is 23.1 Å². The number of aryl methyl sites for hydroxylation is 1. The van der Waals surface area contributed by atoms with Crippen LogP contribution in [0.3, 0.4) is 0 Å². The Morgan fingerprint density at radius 2 is 2.07 bits per heavy atom. The van der Waals surface area contributed by atoms with Crippen LogP contribution in [0, 0.1) is 12.8 Å². The van der Waals surface area contributed by atoms with E-state index in [1.54, 1.807) is 11.3 Å². The quantitative estimate of drug-likeness (QED) is 0.448. The third kappa shape index (κ3) is 4.78. The van der Waals surface area contributed by atoms with Crippen LogP contribution in [0.5, 0.6) is 0 Å². The van der Waals surface area contributed by atoms with E-state index in [2.05, 4.69) is 29.1 Å². The summed E-state index contributed by atoms with van der Waals surface area (Å²) >= 11 is 2.79. The van der Waals surface area contributed by atoms with E-state index in [4.69, 9.17) is 0 Å².